The van der Waals surface area contributed by atoms with E-state index < -0.39 is 0 Å². The van der Waals surface area contributed by atoms with Crippen molar-refractivity contribution in [1.29, 1.82) is 0 Å². The molecule has 1 aliphatic carbocycles. The third-order valence-electron chi connectivity index (χ3n) is 4.13. The molecule has 20 heavy (non-hydrogen) atoms. The Hall–Kier alpha value is -1.87. The van der Waals surface area contributed by atoms with Crippen molar-refractivity contribution in [2.75, 3.05) is 14.2 Å². The fourth-order valence-corrected chi connectivity index (χ4v) is 3.12. The van der Waals surface area contributed by atoms with Gasteiger partial charge in [0.1, 0.15) is 11.6 Å². The lowest BCUT2D eigenvalue weighted by molar-refractivity contribution is 0.380. The summed E-state index contributed by atoms with van der Waals surface area (Å²) in [6.45, 7) is 0. The van der Waals surface area contributed by atoms with Gasteiger partial charge in [-0.15, -0.1) is 0 Å². The summed E-state index contributed by atoms with van der Waals surface area (Å²) < 4.78 is 19.0. The first-order valence-corrected chi connectivity index (χ1v) is 6.83. The SMILES string of the molecule is CNC(c1cc(F)ccc1OC)C1Cc2ccccc21. The van der Waals surface area contributed by atoms with E-state index >= 15 is 0 Å². The van der Waals surface area contributed by atoms with Crippen LogP contribution in [-0.4, -0.2) is 14.2 Å². The van der Waals surface area contributed by atoms with E-state index in [1.54, 1.807) is 19.2 Å². The predicted molar refractivity (Wildman–Crippen MR) is 77.6 cm³/mol. The number of benzene rings is 2. The molecule has 0 radical (unpaired) electrons. The van der Waals surface area contributed by atoms with Crippen LogP contribution in [0.3, 0.4) is 0 Å². The van der Waals surface area contributed by atoms with Crippen LogP contribution in [-0.2, 0) is 6.42 Å². The number of nitrogens with one attached hydrogen (secondary N) is 1. The zero-order chi connectivity index (χ0) is 14.1. The van der Waals surface area contributed by atoms with Gasteiger partial charge in [0, 0.05) is 17.5 Å². The van der Waals surface area contributed by atoms with Crippen LogP contribution >= 0.6 is 0 Å². The molecule has 0 spiro atoms. The highest BCUT2D eigenvalue weighted by Crippen LogP contribution is 2.45. The molecule has 0 fully saturated rings. The molecule has 2 nitrogen and oxygen atoms in total. The molecule has 2 aromatic rings. The van der Waals surface area contributed by atoms with Crippen molar-refractivity contribution in [2.24, 2.45) is 0 Å². The van der Waals surface area contributed by atoms with E-state index in [1.807, 2.05) is 7.05 Å². The van der Waals surface area contributed by atoms with Gasteiger partial charge in [0.05, 0.1) is 7.11 Å². The normalized spacial score (nSPS) is 18.1. The Bertz CT molecular complexity index is 626. The third kappa shape index (κ3) is 2.08. The number of halogens is 1. The van der Waals surface area contributed by atoms with Crippen LogP contribution in [0.5, 0.6) is 5.75 Å². The van der Waals surface area contributed by atoms with Crippen LogP contribution in [0.2, 0.25) is 0 Å². The van der Waals surface area contributed by atoms with Crippen LogP contribution in [0.1, 0.15) is 28.7 Å². The Balaban J connectivity index is 1.98. The summed E-state index contributed by atoms with van der Waals surface area (Å²) in [5.41, 5.74) is 3.61. The fraction of sp³-hybridized carbons (Fsp3) is 0.294. The molecule has 3 heteroatoms. The lowest BCUT2D eigenvalue weighted by atomic mass is 9.71. The number of likely N-dealkylation sites (N-methyl/N-ethyl adjacent to an activating group) is 1. The van der Waals surface area contributed by atoms with Gasteiger partial charge in [-0.2, -0.15) is 0 Å². The van der Waals surface area contributed by atoms with Crippen LogP contribution < -0.4 is 10.1 Å². The van der Waals surface area contributed by atoms with E-state index in [0.29, 0.717) is 5.92 Å². The summed E-state index contributed by atoms with van der Waals surface area (Å²) in [6.07, 6.45) is 1.02. The second-order valence-electron chi connectivity index (χ2n) is 5.16. The monoisotopic (exact) mass is 271 g/mol. The predicted octanol–water partition coefficient (Wildman–Crippen LogP) is 3.43. The van der Waals surface area contributed by atoms with E-state index in [9.17, 15) is 4.39 Å². The lowest BCUT2D eigenvalue weighted by Gasteiger charge is -2.37. The molecule has 2 unspecified atom stereocenters. The van der Waals surface area contributed by atoms with Gasteiger partial charge < -0.3 is 10.1 Å². The van der Waals surface area contributed by atoms with Crippen molar-refractivity contribution in [1.82, 2.24) is 5.32 Å². The molecule has 0 amide bonds. The summed E-state index contributed by atoms with van der Waals surface area (Å²) in [7, 11) is 3.54. The smallest absolute Gasteiger partial charge is 0.123 e. The number of hydrogen-bond acceptors (Lipinski definition) is 2. The van der Waals surface area contributed by atoms with Crippen LogP contribution in [0.15, 0.2) is 42.5 Å². The van der Waals surface area contributed by atoms with Crippen molar-refractivity contribution >= 4 is 0 Å². The average Bonchev–Trinajstić information content (AvgIpc) is 2.45. The first kappa shape index (κ1) is 13.1. The van der Waals surface area contributed by atoms with Crippen molar-refractivity contribution in [3.63, 3.8) is 0 Å². The number of methoxy groups -OCH3 is 1. The van der Waals surface area contributed by atoms with E-state index in [0.717, 1.165) is 17.7 Å². The molecule has 3 rings (SSSR count). The molecule has 0 aliphatic heterocycles. The highest BCUT2D eigenvalue weighted by Gasteiger charge is 2.34. The first-order chi connectivity index (χ1) is 9.74. The first-order valence-electron chi connectivity index (χ1n) is 6.83. The third-order valence-corrected chi connectivity index (χ3v) is 4.13. The molecular formula is C17H18FNO. The molecule has 0 bridgehead atoms. The van der Waals surface area contributed by atoms with Gasteiger partial charge in [-0.05, 0) is 42.8 Å². The zero-order valence-electron chi connectivity index (χ0n) is 11.7. The molecule has 0 saturated carbocycles. The molecule has 0 saturated heterocycles. The van der Waals surface area contributed by atoms with Gasteiger partial charge in [-0.3, -0.25) is 0 Å². The van der Waals surface area contributed by atoms with Gasteiger partial charge in [-0.1, -0.05) is 24.3 Å². The Morgan fingerprint density at radius 3 is 2.75 bits per heavy atom. The van der Waals surface area contributed by atoms with Gasteiger partial charge in [-0.25, -0.2) is 4.39 Å². The maximum atomic E-state index is 13.6. The summed E-state index contributed by atoms with van der Waals surface area (Å²) in [6, 6.07) is 13.2. The number of hydrogen-bond donors (Lipinski definition) is 1. The van der Waals surface area contributed by atoms with E-state index in [4.69, 9.17) is 4.74 Å². The van der Waals surface area contributed by atoms with E-state index in [-0.39, 0.29) is 11.9 Å². The summed E-state index contributed by atoms with van der Waals surface area (Å²) in [4.78, 5) is 0. The Morgan fingerprint density at radius 1 is 1.25 bits per heavy atom. The average molecular weight is 271 g/mol. The lowest BCUT2D eigenvalue weighted by Crippen LogP contribution is -2.31. The van der Waals surface area contributed by atoms with Gasteiger partial charge in [0.25, 0.3) is 0 Å². The maximum Gasteiger partial charge on any atom is 0.123 e. The molecule has 104 valence electrons. The molecular weight excluding hydrogens is 253 g/mol. The Labute approximate surface area is 118 Å². The Morgan fingerprint density at radius 2 is 2.05 bits per heavy atom. The molecule has 1 aliphatic rings. The summed E-state index contributed by atoms with van der Waals surface area (Å²) in [5, 5.41) is 3.32. The molecule has 2 atom stereocenters. The van der Waals surface area contributed by atoms with Crippen LogP contribution in [0, 0.1) is 5.82 Å². The van der Waals surface area contributed by atoms with Gasteiger partial charge in [0.15, 0.2) is 0 Å². The Kier molecular flexibility index (Phi) is 3.45. The van der Waals surface area contributed by atoms with Crippen molar-refractivity contribution in [2.45, 2.75) is 18.4 Å². The van der Waals surface area contributed by atoms with Crippen molar-refractivity contribution in [3.8, 4) is 5.75 Å². The summed E-state index contributed by atoms with van der Waals surface area (Å²) in [5.74, 6) is 0.871. The number of fused-ring (bicyclic) bond motifs is 1. The highest BCUT2D eigenvalue weighted by atomic mass is 19.1. The topological polar surface area (TPSA) is 21.3 Å². The standard InChI is InChI=1S/C17H18FNO/c1-19-17(14-9-11-5-3-4-6-13(11)14)15-10-12(18)7-8-16(15)20-2/h3-8,10,14,17,19H,9H2,1-2H3. The maximum absolute atomic E-state index is 13.6. The quantitative estimate of drug-likeness (QED) is 0.919. The molecule has 2 aromatic carbocycles. The van der Waals surface area contributed by atoms with Crippen LogP contribution in [0.4, 0.5) is 4.39 Å². The largest absolute Gasteiger partial charge is 0.496 e. The molecule has 1 N–H and O–H groups in total. The molecule has 0 heterocycles. The van der Waals surface area contributed by atoms with Gasteiger partial charge in [0.2, 0.25) is 0 Å². The molecule has 0 aromatic heterocycles. The second-order valence-corrected chi connectivity index (χ2v) is 5.16. The van der Waals surface area contributed by atoms with E-state index in [1.165, 1.54) is 17.2 Å². The second kappa shape index (κ2) is 5.25. The minimum Gasteiger partial charge on any atom is -0.496 e. The number of ether oxygens (including phenoxy) is 1. The van der Waals surface area contributed by atoms with Crippen LogP contribution in [0.25, 0.3) is 0 Å². The minimum atomic E-state index is -0.228. The number of rotatable bonds is 4. The zero-order valence-corrected chi connectivity index (χ0v) is 11.7. The van der Waals surface area contributed by atoms with Gasteiger partial charge >= 0.3 is 0 Å². The highest BCUT2D eigenvalue weighted by molar-refractivity contribution is 5.46. The minimum absolute atomic E-state index is 0.0653. The fourth-order valence-electron chi connectivity index (χ4n) is 3.12. The van der Waals surface area contributed by atoms with Crippen molar-refractivity contribution < 1.29 is 9.13 Å². The van der Waals surface area contributed by atoms with E-state index in [2.05, 4.69) is 29.6 Å². The summed E-state index contributed by atoms with van der Waals surface area (Å²) >= 11 is 0. The van der Waals surface area contributed by atoms with Crippen molar-refractivity contribution in [3.05, 3.63) is 65.0 Å².